The number of ether oxygens (including phenoxy) is 3. The number of amides is 1. The second kappa shape index (κ2) is 11.2. The summed E-state index contributed by atoms with van der Waals surface area (Å²) in [5.41, 5.74) is 0.865. The smallest absolute Gasteiger partial charge is 0.338 e. The van der Waals surface area contributed by atoms with E-state index in [9.17, 15) is 22.4 Å². The Bertz CT molecular complexity index is 1100. The molecule has 2 aromatic carbocycles. The quantitative estimate of drug-likeness (QED) is 0.428. The first-order valence-corrected chi connectivity index (χ1v) is 11.7. The van der Waals surface area contributed by atoms with Crippen LogP contribution in [0.25, 0.3) is 0 Å². The van der Waals surface area contributed by atoms with Crippen molar-refractivity contribution in [2.24, 2.45) is 0 Å². The number of hydrogen-bond acceptors (Lipinski definition) is 7. The highest BCUT2D eigenvalue weighted by molar-refractivity contribution is 7.89. The van der Waals surface area contributed by atoms with Gasteiger partial charge in [0.25, 0.3) is 5.91 Å². The van der Waals surface area contributed by atoms with Crippen LogP contribution >= 0.6 is 0 Å². The van der Waals surface area contributed by atoms with Crippen molar-refractivity contribution >= 4 is 21.9 Å². The van der Waals surface area contributed by atoms with Gasteiger partial charge in [-0.3, -0.25) is 4.79 Å². The molecule has 0 atom stereocenters. The third-order valence-electron chi connectivity index (χ3n) is 4.77. The third-order valence-corrected chi connectivity index (χ3v) is 6.69. The van der Waals surface area contributed by atoms with Crippen LogP contribution in [0.2, 0.25) is 0 Å². The van der Waals surface area contributed by atoms with Crippen LogP contribution in [0.4, 0.5) is 4.39 Å². The molecule has 2 aromatic rings. The molecule has 1 aliphatic rings. The highest BCUT2D eigenvalue weighted by atomic mass is 32.2. The number of benzene rings is 2. The van der Waals surface area contributed by atoms with E-state index >= 15 is 0 Å². The molecule has 1 fully saturated rings. The van der Waals surface area contributed by atoms with E-state index < -0.39 is 39.2 Å². The van der Waals surface area contributed by atoms with Gasteiger partial charge in [-0.25, -0.2) is 17.6 Å². The Morgan fingerprint density at radius 2 is 1.91 bits per heavy atom. The lowest BCUT2D eigenvalue weighted by Gasteiger charge is -2.26. The fourth-order valence-electron chi connectivity index (χ4n) is 3.08. The van der Waals surface area contributed by atoms with Gasteiger partial charge in [-0.2, -0.15) is 4.31 Å². The monoisotopic (exact) mass is 480 g/mol. The molecule has 0 bridgehead atoms. The standard InChI is InChI=1S/C22H25FN2O7S/c1-16-3-2-4-18(13-16)31-10-7-24-21(26)15-32-22(27)17-5-6-19(23)20(14-17)33(28,29)25-8-11-30-12-9-25/h2-6,13-14H,7-12,15H2,1H3,(H,24,26). The summed E-state index contributed by atoms with van der Waals surface area (Å²) in [5, 5.41) is 2.55. The number of carbonyl (C=O) groups is 2. The van der Waals surface area contributed by atoms with E-state index in [1.807, 2.05) is 25.1 Å². The zero-order valence-electron chi connectivity index (χ0n) is 18.1. The summed E-state index contributed by atoms with van der Waals surface area (Å²) in [6.07, 6.45) is 0. The number of hydrogen-bond donors (Lipinski definition) is 1. The summed E-state index contributed by atoms with van der Waals surface area (Å²) in [6, 6.07) is 10.3. The lowest BCUT2D eigenvalue weighted by molar-refractivity contribution is -0.124. The maximum atomic E-state index is 14.3. The summed E-state index contributed by atoms with van der Waals surface area (Å²) < 4.78 is 56.3. The van der Waals surface area contributed by atoms with Crippen molar-refractivity contribution in [1.82, 2.24) is 9.62 Å². The van der Waals surface area contributed by atoms with Crippen LogP contribution in [0, 0.1) is 12.7 Å². The molecule has 0 aliphatic carbocycles. The molecule has 11 heteroatoms. The Labute approximate surface area is 191 Å². The summed E-state index contributed by atoms with van der Waals surface area (Å²) in [4.78, 5) is 23.6. The van der Waals surface area contributed by atoms with Gasteiger partial charge in [0.2, 0.25) is 10.0 Å². The van der Waals surface area contributed by atoms with Crippen molar-refractivity contribution in [3.05, 3.63) is 59.4 Å². The number of nitrogens with zero attached hydrogens (tertiary/aromatic N) is 1. The highest BCUT2D eigenvalue weighted by Crippen LogP contribution is 2.22. The Morgan fingerprint density at radius 3 is 2.64 bits per heavy atom. The first kappa shape index (κ1) is 24.6. The van der Waals surface area contributed by atoms with E-state index in [4.69, 9.17) is 14.2 Å². The van der Waals surface area contributed by atoms with E-state index in [1.165, 1.54) is 0 Å². The van der Waals surface area contributed by atoms with Crippen molar-refractivity contribution in [2.45, 2.75) is 11.8 Å². The molecule has 0 aromatic heterocycles. The lowest BCUT2D eigenvalue weighted by atomic mass is 10.2. The van der Waals surface area contributed by atoms with Gasteiger partial charge in [-0.15, -0.1) is 0 Å². The summed E-state index contributed by atoms with van der Waals surface area (Å²) in [7, 11) is -4.14. The van der Waals surface area contributed by atoms with Gasteiger partial charge in [0.05, 0.1) is 25.3 Å². The zero-order chi connectivity index (χ0) is 23.8. The summed E-state index contributed by atoms with van der Waals surface area (Å²) in [6.45, 7) is 2.36. The molecular formula is C22H25FN2O7S. The molecule has 0 saturated carbocycles. The molecule has 0 radical (unpaired) electrons. The van der Waals surface area contributed by atoms with E-state index in [-0.39, 0.29) is 45.0 Å². The molecule has 1 aliphatic heterocycles. The van der Waals surface area contributed by atoms with Crippen molar-refractivity contribution in [1.29, 1.82) is 0 Å². The molecule has 0 unspecified atom stereocenters. The number of rotatable bonds is 9. The number of sulfonamides is 1. The van der Waals surface area contributed by atoms with Gasteiger partial charge in [-0.05, 0) is 42.8 Å². The minimum atomic E-state index is -4.14. The molecule has 1 heterocycles. The molecule has 3 rings (SSSR count). The van der Waals surface area contributed by atoms with E-state index in [0.717, 1.165) is 28.1 Å². The molecule has 1 N–H and O–H groups in total. The van der Waals surface area contributed by atoms with Crippen molar-refractivity contribution in [3.8, 4) is 5.75 Å². The van der Waals surface area contributed by atoms with Gasteiger partial charge in [0, 0.05) is 13.1 Å². The van der Waals surface area contributed by atoms with Crippen LogP contribution < -0.4 is 10.1 Å². The predicted molar refractivity (Wildman–Crippen MR) is 116 cm³/mol. The number of nitrogens with one attached hydrogen (secondary N) is 1. The SMILES string of the molecule is Cc1cccc(OCCNC(=O)COC(=O)c2ccc(F)c(S(=O)(=O)N3CCOCC3)c2)c1. The Kier molecular flexibility index (Phi) is 8.37. The van der Waals surface area contributed by atoms with E-state index in [1.54, 1.807) is 6.07 Å². The van der Waals surface area contributed by atoms with Crippen LogP contribution in [-0.4, -0.2) is 70.7 Å². The van der Waals surface area contributed by atoms with Gasteiger partial charge < -0.3 is 19.5 Å². The molecule has 1 amide bonds. The third kappa shape index (κ3) is 6.73. The number of carbonyl (C=O) groups excluding carboxylic acids is 2. The van der Waals surface area contributed by atoms with E-state index in [2.05, 4.69) is 5.32 Å². The number of morpholine rings is 1. The molecule has 33 heavy (non-hydrogen) atoms. The fraction of sp³-hybridized carbons (Fsp3) is 0.364. The Hall–Kier alpha value is -3.02. The molecular weight excluding hydrogens is 455 g/mol. The van der Waals surface area contributed by atoms with Crippen LogP contribution in [0.3, 0.4) is 0 Å². The largest absolute Gasteiger partial charge is 0.492 e. The summed E-state index contributed by atoms with van der Waals surface area (Å²) >= 11 is 0. The van der Waals surface area contributed by atoms with Crippen LogP contribution in [0.15, 0.2) is 47.4 Å². The van der Waals surface area contributed by atoms with Crippen LogP contribution in [0.5, 0.6) is 5.75 Å². The zero-order valence-corrected chi connectivity index (χ0v) is 18.9. The first-order chi connectivity index (χ1) is 15.8. The van der Waals surface area contributed by atoms with Gasteiger partial charge >= 0.3 is 5.97 Å². The van der Waals surface area contributed by atoms with Crippen molar-refractivity contribution in [2.75, 3.05) is 46.1 Å². The average Bonchev–Trinajstić information content (AvgIpc) is 2.81. The Morgan fingerprint density at radius 1 is 1.15 bits per heavy atom. The fourth-order valence-corrected chi connectivity index (χ4v) is 4.58. The minimum Gasteiger partial charge on any atom is -0.492 e. The number of aryl methyl sites for hydroxylation is 1. The number of esters is 1. The van der Waals surface area contributed by atoms with Crippen molar-refractivity contribution < 1.29 is 36.6 Å². The molecule has 1 saturated heterocycles. The Balaban J connectivity index is 1.50. The van der Waals surface area contributed by atoms with Crippen molar-refractivity contribution in [3.63, 3.8) is 0 Å². The predicted octanol–water partition coefficient (Wildman–Crippen LogP) is 1.51. The van der Waals surface area contributed by atoms with Gasteiger partial charge in [-0.1, -0.05) is 12.1 Å². The topological polar surface area (TPSA) is 111 Å². The summed E-state index contributed by atoms with van der Waals surface area (Å²) in [5.74, 6) is -1.81. The maximum absolute atomic E-state index is 14.3. The van der Waals surface area contributed by atoms with Gasteiger partial charge in [0.1, 0.15) is 23.1 Å². The number of halogens is 1. The second-order valence-electron chi connectivity index (χ2n) is 7.25. The minimum absolute atomic E-state index is 0.0875. The molecule has 0 spiro atoms. The van der Waals surface area contributed by atoms with Crippen LogP contribution in [0.1, 0.15) is 15.9 Å². The molecule has 9 nitrogen and oxygen atoms in total. The maximum Gasteiger partial charge on any atom is 0.338 e. The van der Waals surface area contributed by atoms with Gasteiger partial charge in [0.15, 0.2) is 6.61 Å². The first-order valence-electron chi connectivity index (χ1n) is 10.3. The average molecular weight is 481 g/mol. The van der Waals surface area contributed by atoms with Crippen LogP contribution in [-0.2, 0) is 24.3 Å². The highest BCUT2D eigenvalue weighted by Gasteiger charge is 2.30. The lowest BCUT2D eigenvalue weighted by Crippen LogP contribution is -2.41. The van der Waals surface area contributed by atoms with E-state index in [0.29, 0.717) is 5.75 Å². The second-order valence-corrected chi connectivity index (χ2v) is 9.16. The molecule has 178 valence electrons. The normalized spacial score (nSPS) is 14.5.